The largest absolute Gasteiger partial charge is 0.383 e. The molecule has 122 valence electrons. The van der Waals surface area contributed by atoms with Gasteiger partial charge in [0.1, 0.15) is 0 Å². The van der Waals surface area contributed by atoms with E-state index in [0.717, 1.165) is 0 Å². The van der Waals surface area contributed by atoms with Crippen molar-refractivity contribution >= 4 is 11.9 Å². The van der Waals surface area contributed by atoms with Crippen molar-refractivity contribution in [2.45, 2.75) is 32.9 Å². The highest BCUT2D eigenvalue weighted by atomic mass is 16.5. The predicted octanol–water partition coefficient (Wildman–Crippen LogP) is -0.127. The minimum absolute atomic E-state index is 0.0444. The number of hydrogen-bond acceptors (Lipinski definition) is 4. The van der Waals surface area contributed by atoms with Gasteiger partial charge >= 0.3 is 6.03 Å². The highest BCUT2D eigenvalue weighted by molar-refractivity contribution is 5.81. The SMILES string of the molecule is COCCNC(=O)N1CCN([C@@H](C)C(=O)NC(C)C)CC1. The number of methoxy groups -OCH3 is 1. The van der Waals surface area contributed by atoms with Crippen molar-refractivity contribution in [3.05, 3.63) is 0 Å². The van der Waals surface area contributed by atoms with E-state index in [9.17, 15) is 9.59 Å². The van der Waals surface area contributed by atoms with Crippen LogP contribution in [0.25, 0.3) is 0 Å². The molecular weight excluding hydrogens is 272 g/mol. The quantitative estimate of drug-likeness (QED) is 0.670. The number of piperazine rings is 1. The highest BCUT2D eigenvalue weighted by Gasteiger charge is 2.27. The summed E-state index contributed by atoms with van der Waals surface area (Å²) < 4.78 is 4.90. The molecule has 0 aromatic heterocycles. The second kappa shape index (κ2) is 8.84. The van der Waals surface area contributed by atoms with Crippen LogP contribution in [-0.2, 0) is 9.53 Å². The molecule has 0 spiro atoms. The molecule has 7 heteroatoms. The van der Waals surface area contributed by atoms with Gasteiger partial charge in [-0.3, -0.25) is 9.69 Å². The summed E-state index contributed by atoms with van der Waals surface area (Å²) in [5, 5.41) is 5.73. The first kappa shape index (κ1) is 17.7. The third-order valence-corrected chi connectivity index (χ3v) is 3.54. The zero-order valence-electron chi connectivity index (χ0n) is 13.5. The molecule has 0 aromatic rings. The van der Waals surface area contributed by atoms with Gasteiger partial charge in [-0.1, -0.05) is 0 Å². The molecule has 1 atom stereocenters. The lowest BCUT2D eigenvalue weighted by Crippen LogP contribution is -2.57. The van der Waals surface area contributed by atoms with Crippen molar-refractivity contribution in [3.8, 4) is 0 Å². The van der Waals surface area contributed by atoms with Crippen molar-refractivity contribution in [1.82, 2.24) is 20.4 Å². The zero-order chi connectivity index (χ0) is 15.8. The van der Waals surface area contributed by atoms with Crippen molar-refractivity contribution in [3.63, 3.8) is 0 Å². The molecule has 0 radical (unpaired) electrons. The van der Waals surface area contributed by atoms with Gasteiger partial charge in [-0.25, -0.2) is 4.79 Å². The van der Waals surface area contributed by atoms with Crippen LogP contribution in [-0.4, -0.2) is 80.3 Å². The lowest BCUT2D eigenvalue weighted by Gasteiger charge is -2.37. The van der Waals surface area contributed by atoms with Crippen LogP contribution in [0.1, 0.15) is 20.8 Å². The predicted molar refractivity (Wildman–Crippen MR) is 81.2 cm³/mol. The first-order valence-corrected chi connectivity index (χ1v) is 7.51. The van der Waals surface area contributed by atoms with Gasteiger partial charge in [-0.05, 0) is 20.8 Å². The summed E-state index contributed by atoms with van der Waals surface area (Å²) in [5.41, 5.74) is 0. The third kappa shape index (κ3) is 5.89. The first-order chi connectivity index (χ1) is 9.95. The van der Waals surface area contributed by atoms with Crippen LogP contribution in [0.2, 0.25) is 0 Å². The average Bonchev–Trinajstić information content (AvgIpc) is 2.46. The number of nitrogens with zero attached hydrogens (tertiary/aromatic N) is 2. The van der Waals surface area contributed by atoms with E-state index in [1.54, 1.807) is 12.0 Å². The lowest BCUT2D eigenvalue weighted by atomic mass is 10.2. The third-order valence-electron chi connectivity index (χ3n) is 3.54. The maximum absolute atomic E-state index is 12.0. The molecule has 2 N–H and O–H groups in total. The molecule has 1 fully saturated rings. The Bertz CT molecular complexity index is 341. The maximum Gasteiger partial charge on any atom is 0.317 e. The number of urea groups is 1. The Balaban J connectivity index is 2.34. The molecule has 0 unspecified atom stereocenters. The van der Waals surface area contributed by atoms with Gasteiger partial charge in [0.2, 0.25) is 5.91 Å². The number of rotatable bonds is 6. The fourth-order valence-electron chi connectivity index (χ4n) is 2.26. The average molecular weight is 300 g/mol. The summed E-state index contributed by atoms with van der Waals surface area (Å²) >= 11 is 0. The van der Waals surface area contributed by atoms with E-state index in [-0.39, 0.29) is 24.0 Å². The topological polar surface area (TPSA) is 73.9 Å². The fraction of sp³-hybridized carbons (Fsp3) is 0.857. The Morgan fingerprint density at radius 2 is 1.76 bits per heavy atom. The van der Waals surface area contributed by atoms with E-state index in [1.165, 1.54) is 0 Å². The zero-order valence-corrected chi connectivity index (χ0v) is 13.5. The van der Waals surface area contributed by atoms with E-state index in [0.29, 0.717) is 39.3 Å². The molecule has 3 amide bonds. The minimum Gasteiger partial charge on any atom is -0.383 e. The van der Waals surface area contributed by atoms with E-state index >= 15 is 0 Å². The van der Waals surface area contributed by atoms with E-state index < -0.39 is 0 Å². The lowest BCUT2D eigenvalue weighted by molar-refractivity contribution is -0.126. The molecule has 1 aliphatic heterocycles. The minimum atomic E-state index is -0.161. The molecule has 0 saturated carbocycles. The standard InChI is InChI=1S/C14H28N4O3/c1-11(2)16-13(19)12(3)17-6-8-18(9-7-17)14(20)15-5-10-21-4/h11-12H,5-10H2,1-4H3,(H,15,20)(H,16,19)/t12-/m0/s1. The smallest absolute Gasteiger partial charge is 0.317 e. The molecule has 1 heterocycles. The summed E-state index contributed by atoms with van der Waals surface area (Å²) in [6, 6.07) is -0.0788. The van der Waals surface area contributed by atoms with Crippen LogP contribution in [0.15, 0.2) is 0 Å². The second-order valence-corrected chi connectivity index (χ2v) is 5.59. The first-order valence-electron chi connectivity index (χ1n) is 7.51. The maximum atomic E-state index is 12.0. The molecular formula is C14H28N4O3. The number of carbonyl (C=O) groups excluding carboxylic acids is 2. The Labute approximate surface area is 127 Å². The van der Waals surface area contributed by atoms with Crippen LogP contribution in [0, 0.1) is 0 Å². The van der Waals surface area contributed by atoms with Crippen LogP contribution in [0.3, 0.4) is 0 Å². The summed E-state index contributed by atoms with van der Waals surface area (Å²) in [6.07, 6.45) is 0. The van der Waals surface area contributed by atoms with Crippen LogP contribution in [0.5, 0.6) is 0 Å². The van der Waals surface area contributed by atoms with Crippen molar-refractivity contribution in [2.75, 3.05) is 46.4 Å². The number of amides is 3. The van der Waals surface area contributed by atoms with E-state index in [2.05, 4.69) is 15.5 Å². The van der Waals surface area contributed by atoms with E-state index in [4.69, 9.17) is 4.74 Å². The monoisotopic (exact) mass is 300 g/mol. The number of carbonyl (C=O) groups is 2. The molecule has 7 nitrogen and oxygen atoms in total. The fourth-order valence-corrected chi connectivity index (χ4v) is 2.26. The van der Waals surface area contributed by atoms with Gasteiger partial charge in [0, 0.05) is 45.9 Å². The van der Waals surface area contributed by atoms with Gasteiger partial charge in [0.05, 0.1) is 12.6 Å². The number of ether oxygens (including phenoxy) is 1. The second-order valence-electron chi connectivity index (χ2n) is 5.59. The Hall–Kier alpha value is -1.34. The number of hydrogen-bond donors (Lipinski definition) is 2. The van der Waals surface area contributed by atoms with Crippen LogP contribution < -0.4 is 10.6 Å². The Kier molecular flexibility index (Phi) is 7.45. The number of nitrogens with one attached hydrogen (secondary N) is 2. The molecule has 1 aliphatic rings. The van der Waals surface area contributed by atoms with Gasteiger partial charge < -0.3 is 20.3 Å². The van der Waals surface area contributed by atoms with Crippen molar-refractivity contribution in [2.24, 2.45) is 0 Å². The summed E-state index contributed by atoms with van der Waals surface area (Å²) in [6.45, 7) is 9.54. The Morgan fingerprint density at radius 3 is 2.29 bits per heavy atom. The summed E-state index contributed by atoms with van der Waals surface area (Å²) in [5.74, 6) is 0.0444. The normalized spacial score (nSPS) is 17.7. The molecule has 0 aromatic carbocycles. The molecule has 1 rings (SSSR count). The molecule has 21 heavy (non-hydrogen) atoms. The van der Waals surface area contributed by atoms with Gasteiger partial charge in [0.15, 0.2) is 0 Å². The molecule has 0 aliphatic carbocycles. The molecule has 0 bridgehead atoms. The summed E-state index contributed by atoms with van der Waals surface area (Å²) in [4.78, 5) is 27.8. The summed E-state index contributed by atoms with van der Waals surface area (Å²) in [7, 11) is 1.61. The van der Waals surface area contributed by atoms with Crippen LogP contribution >= 0.6 is 0 Å². The van der Waals surface area contributed by atoms with Gasteiger partial charge in [-0.2, -0.15) is 0 Å². The van der Waals surface area contributed by atoms with Crippen molar-refractivity contribution < 1.29 is 14.3 Å². The van der Waals surface area contributed by atoms with Crippen LogP contribution in [0.4, 0.5) is 4.79 Å². The van der Waals surface area contributed by atoms with Crippen molar-refractivity contribution in [1.29, 1.82) is 0 Å². The van der Waals surface area contributed by atoms with E-state index in [1.807, 2.05) is 20.8 Å². The van der Waals surface area contributed by atoms with Gasteiger partial charge in [0.25, 0.3) is 0 Å². The Morgan fingerprint density at radius 1 is 1.14 bits per heavy atom. The molecule has 1 saturated heterocycles. The van der Waals surface area contributed by atoms with Gasteiger partial charge in [-0.15, -0.1) is 0 Å². The highest BCUT2D eigenvalue weighted by Crippen LogP contribution is 2.07.